The van der Waals surface area contributed by atoms with Crippen molar-refractivity contribution >= 4 is 22.9 Å². The predicted molar refractivity (Wildman–Crippen MR) is 56.3 cm³/mol. The second-order valence-electron chi connectivity index (χ2n) is 2.62. The second-order valence-corrected chi connectivity index (χ2v) is 4.34. The van der Waals surface area contributed by atoms with Crippen molar-refractivity contribution in [1.82, 2.24) is 9.97 Å². The van der Waals surface area contributed by atoms with Crippen molar-refractivity contribution in [3.8, 4) is 10.6 Å². The second kappa shape index (κ2) is 4.04. The van der Waals surface area contributed by atoms with E-state index in [0.717, 1.165) is 14.9 Å². The van der Waals surface area contributed by atoms with E-state index in [0.29, 0.717) is 5.82 Å². The van der Waals surface area contributed by atoms with Gasteiger partial charge in [0.05, 0.1) is 14.9 Å². The highest BCUT2D eigenvalue weighted by Gasteiger charge is 2.03. The summed E-state index contributed by atoms with van der Waals surface area (Å²) in [6.45, 7) is -0.146. The first-order valence-corrected chi connectivity index (χ1v) is 5.17. The molecule has 0 saturated heterocycles. The van der Waals surface area contributed by atoms with Gasteiger partial charge in [-0.15, -0.1) is 11.3 Å². The van der Waals surface area contributed by atoms with Crippen LogP contribution in [0.3, 0.4) is 0 Å². The van der Waals surface area contributed by atoms with Gasteiger partial charge in [0.2, 0.25) is 0 Å². The average molecular weight is 227 g/mol. The molecule has 5 heteroatoms. The van der Waals surface area contributed by atoms with E-state index in [1.807, 2.05) is 12.1 Å². The van der Waals surface area contributed by atoms with E-state index in [9.17, 15) is 0 Å². The molecule has 0 aliphatic rings. The van der Waals surface area contributed by atoms with Crippen molar-refractivity contribution in [1.29, 1.82) is 0 Å². The third kappa shape index (κ3) is 1.92. The number of hydrogen-bond donors (Lipinski definition) is 1. The van der Waals surface area contributed by atoms with E-state index in [4.69, 9.17) is 16.7 Å². The van der Waals surface area contributed by atoms with Crippen LogP contribution in [0.1, 0.15) is 5.82 Å². The minimum absolute atomic E-state index is 0.146. The third-order valence-electron chi connectivity index (χ3n) is 1.67. The van der Waals surface area contributed by atoms with Crippen molar-refractivity contribution in [3.63, 3.8) is 0 Å². The fraction of sp³-hybridized carbons (Fsp3) is 0.111. The third-order valence-corrected chi connectivity index (χ3v) is 2.93. The van der Waals surface area contributed by atoms with Crippen LogP contribution in [0.25, 0.3) is 10.6 Å². The standard InChI is InChI=1S/C9H7ClN2OS/c10-8-2-1-7(14-8)6-3-4-11-9(5-13)12-6/h1-4,13H,5H2. The number of thiophene rings is 1. The first kappa shape index (κ1) is 9.58. The number of aliphatic hydroxyl groups excluding tert-OH is 1. The Morgan fingerprint density at radius 1 is 1.36 bits per heavy atom. The van der Waals surface area contributed by atoms with E-state index in [-0.39, 0.29) is 6.61 Å². The molecule has 0 fully saturated rings. The zero-order chi connectivity index (χ0) is 9.97. The molecule has 0 atom stereocenters. The van der Waals surface area contributed by atoms with E-state index >= 15 is 0 Å². The molecule has 0 saturated carbocycles. The fourth-order valence-electron chi connectivity index (χ4n) is 1.06. The molecule has 0 spiro atoms. The van der Waals surface area contributed by atoms with Crippen molar-refractivity contribution < 1.29 is 5.11 Å². The monoisotopic (exact) mass is 226 g/mol. The lowest BCUT2D eigenvalue weighted by Crippen LogP contribution is -1.94. The van der Waals surface area contributed by atoms with Crippen LogP contribution < -0.4 is 0 Å². The average Bonchev–Trinajstić information content (AvgIpc) is 2.65. The minimum Gasteiger partial charge on any atom is -0.388 e. The van der Waals surface area contributed by atoms with Crippen LogP contribution in [0.15, 0.2) is 24.4 Å². The summed E-state index contributed by atoms with van der Waals surface area (Å²) in [7, 11) is 0. The van der Waals surface area contributed by atoms with Crippen LogP contribution in [0.4, 0.5) is 0 Å². The SMILES string of the molecule is OCc1nccc(-c2ccc(Cl)s2)n1. The smallest absolute Gasteiger partial charge is 0.154 e. The van der Waals surface area contributed by atoms with E-state index in [1.165, 1.54) is 11.3 Å². The lowest BCUT2D eigenvalue weighted by atomic mass is 10.3. The van der Waals surface area contributed by atoms with Gasteiger partial charge in [-0.25, -0.2) is 9.97 Å². The van der Waals surface area contributed by atoms with E-state index in [2.05, 4.69) is 9.97 Å². The first-order valence-electron chi connectivity index (χ1n) is 3.98. The maximum Gasteiger partial charge on any atom is 0.154 e. The normalized spacial score (nSPS) is 10.4. The molecule has 2 aromatic rings. The Kier molecular flexibility index (Phi) is 2.77. The minimum atomic E-state index is -0.146. The number of aliphatic hydroxyl groups is 1. The van der Waals surface area contributed by atoms with Crippen molar-refractivity contribution in [3.05, 3.63) is 34.6 Å². The molecule has 2 heterocycles. The molecule has 0 aliphatic heterocycles. The summed E-state index contributed by atoms with van der Waals surface area (Å²) in [5.41, 5.74) is 0.793. The van der Waals surface area contributed by atoms with Gasteiger partial charge in [-0.1, -0.05) is 11.6 Å². The largest absolute Gasteiger partial charge is 0.388 e. The molecule has 0 amide bonds. The van der Waals surface area contributed by atoms with Crippen LogP contribution in [-0.2, 0) is 6.61 Å². The van der Waals surface area contributed by atoms with Crippen molar-refractivity contribution in [2.24, 2.45) is 0 Å². The van der Waals surface area contributed by atoms with Gasteiger partial charge in [-0.2, -0.15) is 0 Å². The number of halogens is 1. The van der Waals surface area contributed by atoms with Crippen LogP contribution >= 0.6 is 22.9 Å². The summed E-state index contributed by atoms with van der Waals surface area (Å²) in [6, 6.07) is 5.51. The van der Waals surface area contributed by atoms with E-state index in [1.54, 1.807) is 12.3 Å². The molecule has 14 heavy (non-hydrogen) atoms. The number of nitrogens with zero attached hydrogens (tertiary/aromatic N) is 2. The Bertz CT molecular complexity index is 444. The van der Waals surface area contributed by atoms with Crippen molar-refractivity contribution in [2.75, 3.05) is 0 Å². The molecule has 0 radical (unpaired) electrons. The summed E-state index contributed by atoms with van der Waals surface area (Å²) in [4.78, 5) is 9.04. The number of aromatic nitrogens is 2. The van der Waals surface area contributed by atoms with E-state index < -0.39 is 0 Å². The predicted octanol–water partition coefficient (Wildman–Crippen LogP) is 2.35. The summed E-state index contributed by atoms with van der Waals surface area (Å²) in [5.74, 6) is 0.423. The van der Waals surface area contributed by atoms with Crippen LogP contribution in [0, 0.1) is 0 Å². The quantitative estimate of drug-likeness (QED) is 0.855. The molecule has 0 aromatic carbocycles. The van der Waals surface area contributed by atoms with Crippen LogP contribution in [0.5, 0.6) is 0 Å². The maximum absolute atomic E-state index is 8.87. The van der Waals surface area contributed by atoms with Gasteiger partial charge in [-0.3, -0.25) is 0 Å². The maximum atomic E-state index is 8.87. The van der Waals surface area contributed by atoms with Crippen molar-refractivity contribution in [2.45, 2.75) is 6.61 Å². The molecule has 0 bridgehead atoms. The lowest BCUT2D eigenvalue weighted by molar-refractivity contribution is 0.271. The fourth-order valence-corrected chi connectivity index (χ4v) is 2.08. The van der Waals surface area contributed by atoms with Gasteiger partial charge in [0.25, 0.3) is 0 Å². The lowest BCUT2D eigenvalue weighted by Gasteiger charge is -1.97. The molecule has 2 rings (SSSR count). The summed E-state index contributed by atoms with van der Waals surface area (Å²) in [5, 5.41) is 8.87. The zero-order valence-electron chi connectivity index (χ0n) is 7.14. The van der Waals surface area contributed by atoms with Crippen LogP contribution in [-0.4, -0.2) is 15.1 Å². The topological polar surface area (TPSA) is 46.0 Å². The van der Waals surface area contributed by atoms with Gasteiger partial charge < -0.3 is 5.11 Å². The molecule has 2 aromatic heterocycles. The highest BCUT2D eigenvalue weighted by Crippen LogP contribution is 2.29. The van der Waals surface area contributed by atoms with Gasteiger partial charge in [0, 0.05) is 6.20 Å². The number of rotatable bonds is 2. The molecule has 1 N–H and O–H groups in total. The van der Waals surface area contributed by atoms with Gasteiger partial charge in [0.1, 0.15) is 6.61 Å². The summed E-state index contributed by atoms with van der Waals surface area (Å²) < 4.78 is 0.726. The number of hydrogen-bond acceptors (Lipinski definition) is 4. The van der Waals surface area contributed by atoms with Gasteiger partial charge in [-0.05, 0) is 18.2 Å². The molecular formula is C9H7ClN2OS. The highest BCUT2D eigenvalue weighted by atomic mass is 35.5. The molecule has 72 valence electrons. The molecular weight excluding hydrogens is 220 g/mol. The van der Waals surface area contributed by atoms with Crippen LogP contribution in [0.2, 0.25) is 4.34 Å². The molecule has 0 unspecified atom stereocenters. The Hall–Kier alpha value is -0.970. The first-order chi connectivity index (χ1) is 6.79. The Morgan fingerprint density at radius 2 is 2.21 bits per heavy atom. The molecule has 3 nitrogen and oxygen atoms in total. The van der Waals surface area contributed by atoms with Gasteiger partial charge in [0.15, 0.2) is 5.82 Å². The molecule has 0 aliphatic carbocycles. The Morgan fingerprint density at radius 3 is 2.86 bits per heavy atom. The summed E-state index contributed by atoms with van der Waals surface area (Å²) in [6.07, 6.45) is 1.63. The Labute approximate surface area is 90.0 Å². The highest BCUT2D eigenvalue weighted by molar-refractivity contribution is 7.19. The van der Waals surface area contributed by atoms with Gasteiger partial charge >= 0.3 is 0 Å². The Balaban J connectivity index is 2.41. The zero-order valence-corrected chi connectivity index (χ0v) is 8.72. The summed E-state index contributed by atoms with van der Waals surface area (Å²) >= 11 is 7.26.